The zero-order valence-corrected chi connectivity index (χ0v) is 23.8. The highest BCUT2D eigenvalue weighted by molar-refractivity contribution is 6.00. The summed E-state index contributed by atoms with van der Waals surface area (Å²) in [7, 11) is 0. The third kappa shape index (κ3) is 5.89. The zero-order chi connectivity index (χ0) is 28.6. The van der Waals surface area contributed by atoms with Crippen LogP contribution in [0.3, 0.4) is 0 Å². The maximum Gasteiger partial charge on any atom is 0.410 e. The fourth-order valence-electron chi connectivity index (χ4n) is 6.05. The summed E-state index contributed by atoms with van der Waals surface area (Å²) in [5.41, 5.74) is 5.36. The molecular formula is C32H36N6O3. The average molecular weight is 553 g/mol. The summed E-state index contributed by atoms with van der Waals surface area (Å²) in [5.74, 6) is 0.428. The van der Waals surface area contributed by atoms with Gasteiger partial charge in [-0.15, -0.1) is 0 Å². The van der Waals surface area contributed by atoms with Crippen LogP contribution in [0.5, 0.6) is 0 Å². The Morgan fingerprint density at radius 2 is 1.66 bits per heavy atom. The lowest BCUT2D eigenvalue weighted by Crippen LogP contribution is -2.60. The predicted molar refractivity (Wildman–Crippen MR) is 159 cm³/mol. The Balaban J connectivity index is 1.12. The van der Waals surface area contributed by atoms with Crippen molar-refractivity contribution in [1.82, 2.24) is 19.5 Å². The number of benzene rings is 1. The lowest BCUT2D eigenvalue weighted by molar-refractivity contribution is -0.0505. The molecule has 2 fully saturated rings. The Hall–Kier alpha value is -4.40. The second kappa shape index (κ2) is 10.5. The van der Waals surface area contributed by atoms with Crippen molar-refractivity contribution in [3.05, 3.63) is 78.9 Å². The van der Waals surface area contributed by atoms with Crippen LogP contribution in [0.1, 0.15) is 57.9 Å². The molecule has 0 bridgehead atoms. The van der Waals surface area contributed by atoms with E-state index in [9.17, 15) is 9.59 Å². The van der Waals surface area contributed by atoms with Gasteiger partial charge in [0.15, 0.2) is 0 Å². The van der Waals surface area contributed by atoms with E-state index in [0.717, 1.165) is 61.1 Å². The number of fused-ring (bicyclic) bond motifs is 1. The SMILES string of the molecule is CC(C)(C)OC(=O)N1CC2(CCC(c3cnn4ccc(-c5cncc(NC(=O)Nc6ccccc6)c5)cc34)CC2)C1. The van der Waals surface area contributed by atoms with Crippen LogP contribution in [0.15, 0.2) is 73.3 Å². The standard InChI is InChI=1S/C32H36N6O3/c1-31(2,3)41-30(40)37-20-32(21-37)12-9-22(10-13-32)27-19-34-38-14-11-23(16-28(27)38)24-15-26(18-33-17-24)36-29(39)35-25-7-5-4-6-8-25/h4-8,11,14-19,22H,9-10,12-13,20-21H2,1-3H3,(H2,35,36,39). The Morgan fingerprint density at radius 1 is 0.927 bits per heavy atom. The second-order valence-corrected chi connectivity index (χ2v) is 12.4. The second-order valence-electron chi connectivity index (χ2n) is 12.4. The average Bonchev–Trinajstić information content (AvgIpc) is 3.35. The van der Waals surface area contributed by atoms with E-state index in [2.05, 4.69) is 26.8 Å². The molecule has 1 spiro atoms. The lowest BCUT2D eigenvalue weighted by atomic mass is 9.65. The van der Waals surface area contributed by atoms with E-state index in [4.69, 9.17) is 4.74 Å². The van der Waals surface area contributed by atoms with E-state index in [0.29, 0.717) is 11.6 Å². The van der Waals surface area contributed by atoms with Gasteiger partial charge in [0.2, 0.25) is 0 Å². The third-order valence-electron chi connectivity index (χ3n) is 8.10. The van der Waals surface area contributed by atoms with E-state index in [1.54, 1.807) is 12.4 Å². The van der Waals surface area contributed by atoms with E-state index < -0.39 is 5.60 Å². The first-order valence-corrected chi connectivity index (χ1v) is 14.2. The number of rotatable bonds is 4. The van der Waals surface area contributed by atoms with Crippen molar-refractivity contribution in [3.8, 4) is 11.1 Å². The zero-order valence-electron chi connectivity index (χ0n) is 23.8. The highest BCUT2D eigenvalue weighted by atomic mass is 16.6. The summed E-state index contributed by atoms with van der Waals surface area (Å²) in [6.45, 7) is 7.29. The summed E-state index contributed by atoms with van der Waals surface area (Å²) < 4.78 is 7.48. The highest BCUT2D eigenvalue weighted by Gasteiger charge is 2.48. The third-order valence-corrected chi connectivity index (χ3v) is 8.10. The molecule has 9 nitrogen and oxygen atoms in total. The summed E-state index contributed by atoms with van der Waals surface area (Å²) in [4.78, 5) is 31.1. The van der Waals surface area contributed by atoms with Crippen LogP contribution in [0.4, 0.5) is 21.0 Å². The van der Waals surface area contributed by atoms with Crippen molar-refractivity contribution >= 4 is 29.0 Å². The number of carbonyl (C=O) groups excluding carboxylic acids is 2. The number of urea groups is 1. The number of nitrogens with zero attached hydrogens (tertiary/aromatic N) is 4. The Morgan fingerprint density at radius 3 is 2.39 bits per heavy atom. The fourth-order valence-corrected chi connectivity index (χ4v) is 6.05. The number of para-hydroxylation sites is 1. The van der Waals surface area contributed by atoms with Gasteiger partial charge in [0.25, 0.3) is 0 Å². The topological polar surface area (TPSA) is 101 Å². The van der Waals surface area contributed by atoms with Crippen LogP contribution in [0.2, 0.25) is 0 Å². The lowest BCUT2D eigenvalue weighted by Gasteiger charge is -2.53. The molecule has 9 heteroatoms. The molecule has 2 N–H and O–H groups in total. The molecule has 3 amide bonds. The van der Waals surface area contributed by atoms with Gasteiger partial charge in [-0.3, -0.25) is 4.98 Å². The van der Waals surface area contributed by atoms with Crippen molar-refractivity contribution in [3.63, 3.8) is 0 Å². The van der Waals surface area contributed by atoms with Gasteiger partial charge < -0.3 is 20.3 Å². The number of hydrogen-bond acceptors (Lipinski definition) is 5. The van der Waals surface area contributed by atoms with Crippen LogP contribution in [0, 0.1) is 5.41 Å². The smallest absolute Gasteiger partial charge is 0.410 e. The molecule has 1 aliphatic carbocycles. The quantitative estimate of drug-likeness (QED) is 0.286. The first-order valence-electron chi connectivity index (χ1n) is 14.2. The Bertz CT molecular complexity index is 1560. The number of pyridine rings is 2. The number of aromatic nitrogens is 3. The minimum absolute atomic E-state index is 0.203. The number of likely N-dealkylation sites (tertiary alicyclic amines) is 1. The Kier molecular flexibility index (Phi) is 6.89. The van der Waals surface area contributed by atoms with Crippen molar-refractivity contribution in [2.24, 2.45) is 5.41 Å². The number of amides is 3. The van der Waals surface area contributed by atoms with Gasteiger partial charge in [-0.2, -0.15) is 5.10 Å². The molecule has 1 saturated carbocycles. The van der Waals surface area contributed by atoms with Gasteiger partial charge in [-0.25, -0.2) is 14.1 Å². The number of anilines is 2. The van der Waals surface area contributed by atoms with Crippen LogP contribution in [0.25, 0.3) is 16.6 Å². The van der Waals surface area contributed by atoms with Crippen molar-refractivity contribution in [2.45, 2.75) is 58.0 Å². The molecule has 41 heavy (non-hydrogen) atoms. The first-order chi connectivity index (χ1) is 19.7. The van der Waals surface area contributed by atoms with Crippen molar-refractivity contribution in [1.29, 1.82) is 0 Å². The summed E-state index contributed by atoms with van der Waals surface area (Å²) in [6.07, 6.45) is 11.6. The summed E-state index contributed by atoms with van der Waals surface area (Å²) >= 11 is 0. The van der Waals surface area contributed by atoms with Gasteiger partial charge in [-0.1, -0.05) is 18.2 Å². The molecule has 0 atom stereocenters. The molecule has 4 aromatic rings. The molecule has 3 aromatic heterocycles. The van der Waals surface area contributed by atoms with E-state index in [1.165, 1.54) is 5.56 Å². The van der Waals surface area contributed by atoms with Gasteiger partial charge in [0, 0.05) is 47.7 Å². The molecule has 1 aromatic carbocycles. The van der Waals surface area contributed by atoms with Gasteiger partial charge in [-0.05, 0) is 88.3 Å². The van der Waals surface area contributed by atoms with Crippen LogP contribution >= 0.6 is 0 Å². The molecule has 4 heterocycles. The van der Waals surface area contributed by atoms with Gasteiger partial charge in [0.05, 0.1) is 23.6 Å². The number of nitrogens with one attached hydrogen (secondary N) is 2. The molecule has 1 aliphatic heterocycles. The molecule has 2 aliphatic rings. The molecule has 6 rings (SSSR count). The largest absolute Gasteiger partial charge is 0.444 e. The molecule has 1 saturated heterocycles. The van der Waals surface area contributed by atoms with Gasteiger partial charge >= 0.3 is 12.1 Å². The minimum atomic E-state index is -0.468. The molecular weight excluding hydrogens is 516 g/mol. The molecule has 0 unspecified atom stereocenters. The predicted octanol–water partition coefficient (Wildman–Crippen LogP) is 6.94. The Labute approximate surface area is 239 Å². The maximum absolute atomic E-state index is 12.5. The first kappa shape index (κ1) is 26.8. The van der Waals surface area contributed by atoms with E-state index in [1.807, 2.05) is 85.0 Å². The summed E-state index contributed by atoms with van der Waals surface area (Å²) in [6, 6.07) is 15.1. The maximum atomic E-state index is 12.5. The number of carbonyl (C=O) groups is 2. The van der Waals surface area contributed by atoms with Gasteiger partial charge in [0.1, 0.15) is 5.60 Å². The normalized spacial score (nSPS) is 16.8. The molecule has 0 radical (unpaired) electrons. The van der Waals surface area contributed by atoms with Crippen LogP contribution in [-0.2, 0) is 4.74 Å². The number of ether oxygens (including phenoxy) is 1. The van der Waals surface area contributed by atoms with Crippen LogP contribution in [-0.4, -0.2) is 50.3 Å². The van der Waals surface area contributed by atoms with Crippen molar-refractivity contribution < 1.29 is 14.3 Å². The van der Waals surface area contributed by atoms with Crippen molar-refractivity contribution in [2.75, 3.05) is 23.7 Å². The highest BCUT2D eigenvalue weighted by Crippen LogP contribution is 2.49. The number of hydrogen-bond donors (Lipinski definition) is 2. The van der Waals surface area contributed by atoms with Crippen LogP contribution < -0.4 is 10.6 Å². The monoisotopic (exact) mass is 552 g/mol. The molecule has 212 valence electrons. The van der Waals surface area contributed by atoms with E-state index >= 15 is 0 Å². The fraction of sp³-hybridized carbons (Fsp3) is 0.375. The minimum Gasteiger partial charge on any atom is -0.444 e. The van der Waals surface area contributed by atoms with E-state index in [-0.39, 0.29) is 17.5 Å². The summed E-state index contributed by atoms with van der Waals surface area (Å²) in [5, 5.41) is 10.3.